The molecular weight excluding hydrogens is 440 g/mol. The summed E-state index contributed by atoms with van der Waals surface area (Å²) in [6, 6.07) is 14.9. The topological polar surface area (TPSA) is 74.1 Å². The van der Waals surface area contributed by atoms with Crippen LogP contribution in [0.2, 0.25) is 10.0 Å². The van der Waals surface area contributed by atoms with Gasteiger partial charge in [0.15, 0.2) is 5.76 Å². The molecule has 0 atom stereocenters. The number of amides is 1. The molecule has 0 aliphatic carbocycles. The average Bonchev–Trinajstić information content (AvgIpc) is 3.32. The van der Waals surface area contributed by atoms with Crippen LogP contribution in [-0.4, -0.2) is 15.6 Å². The van der Waals surface area contributed by atoms with Crippen LogP contribution in [0.5, 0.6) is 0 Å². The van der Waals surface area contributed by atoms with Gasteiger partial charge in [-0.15, -0.1) is 0 Å². The maximum absolute atomic E-state index is 13.2. The van der Waals surface area contributed by atoms with E-state index in [4.69, 9.17) is 33.5 Å². The molecule has 1 amide bonds. The van der Waals surface area contributed by atoms with Crippen molar-refractivity contribution < 1.29 is 13.7 Å². The molecule has 2 aromatic carbocycles. The highest BCUT2D eigenvalue weighted by Crippen LogP contribution is 2.33. The van der Waals surface area contributed by atoms with Gasteiger partial charge in [-0.25, -0.2) is 4.39 Å². The minimum absolute atomic E-state index is 0.285. The Morgan fingerprint density at radius 3 is 2.55 bits per heavy atom. The molecule has 2 aromatic heterocycles. The molecule has 0 fully saturated rings. The second-order valence-corrected chi connectivity index (χ2v) is 7.97. The molecule has 5 nitrogen and oxygen atoms in total. The number of rotatable bonds is 6. The first-order chi connectivity index (χ1) is 14.8. The van der Waals surface area contributed by atoms with Crippen LogP contribution in [0.25, 0.3) is 22.7 Å². The summed E-state index contributed by atoms with van der Waals surface area (Å²) >= 11 is 12.3. The van der Waals surface area contributed by atoms with Gasteiger partial charge < -0.3 is 14.8 Å². The normalized spacial score (nSPS) is 11.1. The molecule has 0 unspecified atom stereocenters. The van der Waals surface area contributed by atoms with Gasteiger partial charge in [0.2, 0.25) is 0 Å². The third-order valence-corrected chi connectivity index (χ3v) is 5.69. The molecule has 0 radical (unpaired) electrons. The third-order valence-electron chi connectivity index (χ3n) is 5.14. The second-order valence-electron chi connectivity index (χ2n) is 7.12. The minimum Gasteiger partial charge on any atom is -0.366 e. The lowest BCUT2D eigenvalue weighted by molar-refractivity contribution is 0.0999. The number of benzene rings is 2. The van der Waals surface area contributed by atoms with Crippen molar-refractivity contribution in [1.29, 1.82) is 0 Å². The van der Waals surface area contributed by atoms with Gasteiger partial charge in [0, 0.05) is 28.9 Å². The number of hydrogen-bond donors (Lipinski definition) is 1. The molecule has 0 spiro atoms. The number of carbonyl (C=O) groups excluding carboxylic acids is 1. The van der Waals surface area contributed by atoms with Crippen LogP contribution in [0.4, 0.5) is 4.39 Å². The van der Waals surface area contributed by atoms with Gasteiger partial charge in [0.25, 0.3) is 5.91 Å². The van der Waals surface area contributed by atoms with Crippen molar-refractivity contribution >= 4 is 29.1 Å². The standard InChI is InChI=1S/C23H18Cl2FN3O2/c1-13-18(23(27)30)11-21(29(13)9-8-14-2-5-16(26)6-3-14)22-12-20(28-31-22)17-7-4-15(24)10-19(17)25/h2-7,10-12H,8-9H2,1H3,(H2,27,30). The Hall–Kier alpha value is -3.09. The van der Waals surface area contributed by atoms with E-state index >= 15 is 0 Å². The summed E-state index contributed by atoms with van der Waals surface area (Å²) in [7, 11) is 0. The second kappa shape index (κ2) is 8.57. The van der Waals surface area contributed by atoms with E-state index in [0.717, 1.165) is 5.56 Å². The summed E-state index contributed by atoms with van der Waals surface area (Å²) in [5, 5.41) is 5.11. The molecule has 31 heavy (non-hydrogen) atoms. The molecule has 0 aliphatic rings. The maximum Gasteiger partial charge on any atom is 0.250 e. The fourth-order valence-electron chi connectivity index (χ4n) is 3.50. The first kappa shape index (κ1) is 21.2. The van der Waals surface area contributed by atoms with Gasteiger partial charge >= 0.3 is 0 Å². The Labute approximate surface area is 188 Å². The van der Waals surface area contributed by atoms with Gasteiger partial charge in [-0.2, -0.15) is 0 Å². The van der Waals surface area contributed by atoms with Crippen LogP contribution in [0.3, 0.4) is 0 Å². The fraction of sp³-hybridized carbons (Fsp3) is 0.130. The molecule has 0 saturated carbocycles. The van der Waals surface area contributed by atoms with E-state index in [0.29, 0.717) is 57.0 Å². The molecule has 158 valence electrons. The number of aryl methyl sites for hydroxylation is 1. The largest absolute Gasteiger partial charge is 0.366 e. The van der Waals surface area contributed by atoms with E-state index < -0.39 is 5.91 Å². The van der Waals surface area contributed by atoms with Crippen molar-refractivity contribution in [2.24, 2.45) is 5.73 Å². The number of aromatic nitrogens is 2. The van der Waals surface area contributed by atoms with Crippen molar-refractivity contribution in [3.05, 3.63) is 87.3 Å². The molecule has 2 heterocycles. The van der Waals surface area contributed by atoms with Crippen molar-refractivity contribution in [1.82, 2.24) is 9.72 Å². The van der Waals surface area contributed by atoms with E-state index in [-0.39, 0.29) is 5.82 Å². The highest BCUT2D eigenvalue weighted by molar-refractivity contribution is 6.36. The van der Waals surface area contributed by atoms with Gasteiger partial charge in [-0.05, 0) is 55.3 Å². The van der Waals surface area contributed by atoms with E-state index in [2.05, 4.69) is 5.16 Å². The molecule has 4 aromatic rings. The summed E-state index contributed by atoms with van der Waals surface area (Å²) < 4.78 is 20.7. The molecular formula is C23H18Cl2FN3O2. The Morgan fingerprint density at radius 1 is 1.13 bits per heavy atom. The lowest BCUT2D eigenvalue weighted by atomic mass is 10.1. The van der Waals surface area contributed by atoms with Crippen LogP contribution in [-0.2, 0) is 13.0 Å². The predicted octanol–water partition coefficient (Wildman–Crippen LogP) is 5.91. The zero-order chi connectivity index (χ0) is 22.1. The van der Waals surface area contributed by atoms with Crippen LogP contribution in [0.1, 0.15) is 21.6 Å². The van der Waals surface area contributed by atoms with Crippen LogP contribution >= 0.6 is 23.2 Å². The van der Waals surface area contributed by atoms with E-state index in [1.807, 2.05) is 11.5 Å². The van der Waals surface area contributed by atoms with Gasteiger partial charge in [0.05, 0.1) is 16.3 Å². The first-order valence-corrected chi connectivity index (χ1v) is 10.3. The Bertz CT molecular complexity index is 1260. The molecule has 0 saturated heterocycles. The van der Waals surface area contributed by atoms with E-state index in [9.17, 15) is 9.18 Å². The van der Waals surface area contributed by atoms with Gasteiger partial charge in [-0.1, -0.05) is 40.5 Å². The monoisotopic (exact) mass is 457 g/mol. The zero-order valence-electron chi connectivity index (χ0n) is 16.5. The minimum atomic E-state index is -0.528. The SMILES string of the molecule is Cc1c(C(N)=O)cc(-c2cc(-c3ccc(Cl)cc3Cl)no2)n1CCc1ccc(F)cc1. The van der Waals surface area contributed by atoms with Crippen molar-refractivity contribution in [2.75, 3.05) is 0 Å². The third kappa shape index (κ3) is 4.36. The molecule has 0 bridgehead atoms. The van der Waals surface area contributed by atoms with Crippen LogP contribution in [0, 0.1) is 12.7 Å². The molecule has 4 rings (SSSR count). The number of carbonyl (C=O) groups is 1. The van der Waals surface area contributed by atoms with E-state index in [1.165, 1.54) is 12.1 Å². The highest BCUT2D eigenvalue weighted by atomic mass is 35.5. The quantitative estimate of drug-likeness (QED) is 0.391. The lowest BCUT2D eigenvalue weighted by Crippen LogP contribution is -2.13. The van der Waals surface area contributed by atoms with Crippen molar-refractivity contribution in [2.45, 2.75) is 19.9 Å². The molecule has 2 N–H and O–H groups in total. The van der Waals surface area contributed by atoms with Crippen molar-refractivity contribution in [3.63, 3.8) is 0 Å². The number of primary amides is 1. The van der Waals surface area contributed by atoms with Crippen LogP contribution in [0.15, 0.2) is 59.1 Å². The Balaban J connectivity index is 1.70. The first-order valence-electron chi connectivity index (χ1n) is 9.50. The summed E-state index contributed by atoms with van der Waals surface area (Å²) in [4.78, 5) is 11.9. The Kier molecular flexibility index (Phi) is 5.85. The molecule has 8 heteroatoms. The predicted molar refractivity (Wildman–Crippen MR) is 119 cm³/mol. The number of nitrogens with two attached hydrogens (primary N) is 1. The average molecular weight is 458 g/mol. The molecule has 0 aliphatic heterocycles. The zero-order valence-corrected chi connectivity index (χ0v) is 18.0. The van der Waals surface area contributed by atoms with Gasteiger partial charge in [-0.3, -0.25) is 4.79 Å². The highest BCUT2D eigenvalue weighted by Gasteiger charge is 2.20. The fourth-order valence-corrected chi connectivity index (χ4v) is 4.00. The summed E-state index contributed by atoms with van der Waals surface area (Å²) in [5.74, 6) is -0.344. The van der Waals surface area contributed by atoms with Crippen molar-refractivity contribution in [3.8, 4) is 22.7 Å². The summed E-state index contributed by atoms with van der Waals surface area (Å²) in [6.45, 7) is 2.36. The number of hydrogen-bond acceptors (Lipinski definition) is 3. The van der Waals surface area contributed by atoms with E-state index in [1.54, 1.807) is 42.5 Å². The maximum atomic E-state index is 13.2. The number of nitrogens with zero attached hydrogens (tertiary/aromatic N) is 2. The smallest absolute Gasteiger partial charge is 0.250 e. The summed E-state index contributed by atoms with van der Waals surface area (Å²) in [5.41, 5.74) is 9.52. The summed E-state index contributed by atoms with van der Waals surface area (Å²) in [6.07, 6.45) is 0.630. The Morgan fingerprint density at radius 2 is 1.87 bits per heavy atom. The van der Waals surface area contributed by atoms with Gasteiger partial charge in [0.1, 0.15) is 11.5 Å². The lowest BCUT2D eigenvalue weighted by Gasteiger charge is -2.10. The van der Waals surface area contributed by atoms with Crippen LogP contribution < -0.4 is 5.73 Å². The number of halogens is 3.